The number of anilines is 1. The van der Waals surface area contributed by atoms with Crippen LogP contribution in [0.5, 0.6) is 0 Å². The average Bonchev–Trinajstić information content (AvgIpc) is 3.48. The molecule has 0 radical (unpaired) electrons. The topological polar surface area (TPSA) is 23.6 Å². The Morgan fingerprint density at radius 3 is 2.16 bits per heavy atom. The molecule has 0 spiro atoms. The van der Waals surface area contributed by atoms with E-state index in [-0.39, 0.29) is 11.9 Å². The van der Waals surface area contributed by atoms with E-state index in [2.05, 4.69) is 40.1 Å². The molecular formula is C27H27ClN2O. The van der Waals surface area contributed by atoms with E-state index >= 15 is 0 Å². The molecule has 0 unspecified atom stereocenters. The number of hydrogen-bond acceptors (Lipinski definition) is 2. The first kappa shape index (κ1) is 20.1. The number of hydrogen-bond donors (Lipinski definition) is 0. The molecule has 2 aliphatic rings. The highest BCUT2D eigenvalue weighted by Crippen LogP contribution is 2.31. The van der Waals surface area contributed by atoms with E-state index in [1.807, 2.05) is 42.5 Å². The molecule has 0 atom stereocenters. The van der Waals surface area contributed by atoms with Gasteiger partial charge in [-0.2, -0.15) is 0 Å². The molecule has 31 heavy (non-hydrogen) atoms. The van der Waals surface area contributed by atoms with Crippen molar-refractivity contribution in [2.24, 2.45) is 0 Å². The number of halogens is 1. The number of carbonyl (C=O) groups is 1. The molecule has 1 heterocycles. The summed E-state index contributed by atoms with van der Waals surface area (Å²) in [5, 5.41) is 0.717. The molecule has 4 heteroatoms. The van der Waals surface area contributed by atoms with E-state index in [0.29, 0.717) is 11.6 Å². The van der Waals surface area contributed by atoms with Crippen molar-refractivity contribution in [2.75, 3.05) is 18.0 Å². The van der Waals surface area contributed by atoms with Gasteiger partial charge < -0.3 is 9.80 Å². The Morgan fingerprint density at radius 2 is 1.48 bits per heavy atom. The van der Waals surface area contributed by atoms with Crippen LogP contribution in [0.2, 0.25) is 5.02 Å². The number of rotatable bonds is 5. The number of carbonyl (C=O) groups excluding carboxylic acids is 1. The van der Waals surface area contributed by atoms with Gasteiger partial charge >= 0.3 is 0 Å². The molecule has 158 valence electrons. The molecule has 0 saturated carbocycles. The summed E-state index contributed by atoms with van der Waals surface area (Å²) in [5.41, 5.74) is 5.70. The third-order valence-electron chi connectivity index (χ3n) is 6.58. The van der Waals surface area contributed by atoms with Crippen LogP contribution in [0.4, 0.5) is 5.69 Å². The summed E-state index contributed by atoms with van der Waals surface area (Å²) in [4.78, 5) is 18.4. The first-order valence-corrected chi connectivity index (χ1v) is 11.5. The molecule has 1 fully saturated rings. The van der Waals surface area contributed by atoms with Crippen LogP contribution >= 0.6 is 11.6 Å². The number of amides is 1. The first-order chi connectivity index (χ1) is 15.2. The van der Waals surface area contributed by atoms with E-state index in [4.69, 9.17) is 11.6 Å². The van der Waals surface area contributed by atoms with Gasteiger partial charge in [-0.1, -0.05) is 60.1 Å². The van der Waals surface area contributed by atoms with Crippen LogP contribution in [0, 0.1) is 0 Å². The number of nitrogens with zero attached hydrogens (tertiary/aromatic N) is 2. The Balaban J connectivity index is 1.48. The van der Waals surface area contributed by atoms with E-state index < -0.39 is 0 Å². The Kier molecular flexibility index (Phi) is 5.69. The van der Waals surface area contributed by atoms with Crippen LogP contribution in [0.3, 0.4) is 0 Å². The largest absolute Gasteiger partial charge is 0.371 e. The second-order valence-electron chi connectivity index (χ2n) is 8.60. The molecule has 1 aliphatic carbocycles. The van der Waals surface area contributed by atoms with Crippen LogP contribution in [-0.2, 0) is 19.4 Å². The summed E-state index contributed by atoms with van der Waals surface area (Å²) < 4.78 is 0. The average molecular weight is 431 g/mol. The number of para-hydroxylation sites is 1. The zero-order chi connectivity index (χ0) is 21.2. The molecule has 5 rings (SSSR count). The molecular weight excluding hydrogens is 404 g/mol. The van der Waals surface area contributed by atoms with Crippen molar-refractivity contribution >= 4 is 23.2 Å². The van der Waals surface area contributed by atoms with Gasteiger partial charge in [0.1, 0.15) is 0 Å². The maximum absolute atomic E-state index is 14.0. The molecule has 0 aromatic heterocycles. The monoisotopic (exact) mass is 430 g/mol. The van der Waals surface area contributed by atoms with E-state index in [1.165, 1.54) is 24.0 Å². The Bertz CT molecular complexity index is 1050. The van der Waals surface area contributed by atoms with Gasteiger partial charge in [0.15, 0.2) is 0 Å². The molecule has 1 saturated heterocycles. The van der Waals surface area contributed by atoms with E-state index in [1.54, 1.807) is 0 Å². The summed E-state index contributed by atoms with van der Waals surface area (Å²) in [6.45, 7) is 2.63. The predicted octanol–water partition coefficient (Wildman–Crippen LogP) is 5.75. The van der Waals surface area contributed by atoms with Crippen molar-refractivity contribution in [3.05, 3.63) is 100 Å². The minimum atomic E-state index is 0.121. The van der Waals surface area contributed by atoms with Crippen molar-refractivity contribution in [3.63, 3.8) is 0 Å². The zero-order valence-electron chi connectivity index (χ0n) is 17.6. The SMILES string of the molecule is O=C(c1ccccc1N1CCCC1)N(Cc1ccc(Cl)cc1)C1Cc2ccccc2C1. The lowest BCUT2D eigenvalue weighted by Gasteiger charge is -2.31. The van der Waals surface area contributed by atoms with Gasteiger partial charge in [-0.25, -0.2) is 0 Å². The number of benzene rings is 3. The lowest BCUT2D eigenvalue weighted by Crippen LogP contribution is -2.41. The van der Waals surface area contributed by atoms with Crippen molar-refractivity contribution in [1.82, 2.24) is 4.90 Å². The highest BCUT2D eigenvalue weighted by Gasteiger charge is 2.32. The molecule has 1 aliphatic heterocycles. The van der Waals surface area contributed by atoms with Gasteiger partial charge in [0.05, 0.1) is 5.56 Å². The van der Waals surface area contributed by atoms with Crippen molar-refractivity contribution in [3.8, 4) is 0 Å². The standard InChI is InChI=1S/C27H27ClN2O/c28-23-13-11-20(12-14-23)19-30(24-17-21-7-1-2-8-22(21)18-24)27(31)25-9-3-4-10-26(25)29-15-5-6-16-29/h1-4,7-14,24H,5-6,15-19H2. The maximum atomic E-state index is 14.0. The molecule has 0 bridgehead atoms. The van der Waals surface area contributed by atoms with Crippen LogP contribution in [0.15, 0.2) is 72.8 Å². The van der Waals surface area contributed by atoms with Crippen LogP contribution in [0.25, 0.3) is 0 Å². The molecule has 3 aromatic rings. The molecule has 3 aromatic carbocycles. The normalized spacial score (nSPS) is 15.8. The second kappa shape index (κ2) is 8.76. The molecule has 3 nitrogen and oxygen atoms in total. The Labute approximate surface area is 189 Å². The maximum Gasteiger partial charge on any atom is 0.256 e. The second-order valence-corrected chi connectivity index (χ2v) is 9.04. The fourth-order valence-corrected chi connectivity index (χ4v) is 5.08. The van der Waals surface area contributed by atoms with Crippen molar-refractivity contribution in [2.45, 2.75) is 38.3 Å². The molecule has 1 amide bonds. The summed E-state index contributed by atoms with van der Waals surface area (Å²) in [5.74, 6) is 0.121. The van der Waals surface area contributed by atoms with Gasteiger partial charge in [-0.15, -0.1) is 0 Å². The zero-order valence-corrected chi connectivity index (χ0v) is 18.4. The van der Waals surface area contributed by atoms with Gasteiger partial charge in [0, 0.05) is 36.4 Å². The van der Waals surface area contributed by atoms with E-state index in [9.17, 15) is 4.79 Å². The van der Waals surface area contributed by atoms with Gasteiger partial charge in [-0.05, 0) is 66.6 Å². The highest BCUT2D eigenvalue weighted by atomic mass is 35.5. The summed E-state index contributed by atoms with van der Waals surface area (Å²) in [7, 11) is 0. The van der Waals surface area contributed by atoms with Gasteiger partial charge in [-0.3, -0.25) is 4.79 Å². The van der Waals surface area contributed by atoms with Crippen LogP contribution in [0.1, 0.15) is 39.9 Å². The minimum Gasteiger partial charge on any atom is -0.371 e. The smallest absolute Gasteiger partial charge is 0.256 e. The van der Waals surface area contributed by atoms with Crippen molar-refractivity contribution < 1.29 is 4.79 Å². The van der Waals surface area contributed by atoms with Gasteiger partial charge in [0.2, 0.25) is 0 Å². The predicted molar refractivity (Wildman–Crippen MR) is 127 cm³/mol. The fraction of sp³-hybridized carbons (Fsp3) is 0.296. The van der Waals surface area contributed by atoms with E-state index in [0.717, 1.165) is 42.7 Å². The highest BCUT2D eigenvalue weighted by molar-refractivity contribution is 6.30. The Morgan fingerprint density at radius 1 is 0.871 bits per heavy atom. The third kappa shape index (κ3) is 4.20. The van der Waals surface area contributed by atoms with Gasteiger partial charge in [0.25, 0.3) is 5.91 Å². The minimum absolute atomic E-state index is 0.121. The first-order valence-electron chi connectivity index (χ1n) is 11.2. The summed E-state index contributed by atoms with van der Waals surface area (Å²) in [6, 6.07) is 24.7. The summed E-state index contributed by atoms with van der Waals surface area (Å²) in [6.07, 6.45) is 4.19. The fourth-order valence-electron chi connectivity index (χ4n) is 4.95. The van der Waals surface area contributed by atoms with Crippen LogP contribution in [-0.4, -0.2) is 29.9 Å². The summed E-state index contributed by atoms with van der Waals surface area (Å²) >= 11 is 6.10. The quantitative estimate of drug-likeness (QED) is 0.514. The Hall–Kier alpha value is -2.78. The molecule has 0 N–H and O–H groups in total. The number of fused-ring (bicyclic) bond motifs is 1. The van der Waals surface area contributed by atoms with Crippen molar-refractivity contribution in [1.29, 1.82) is 0 Å². The lowest BCUT2D eigenvalue weighted by atomic mass is 10.1. The lowest BCUT2D eigenvalue weighted by molar-refractivity contribution is 0.0668. The third-order valence-corrected chi connectivity index (χ3v) is 6.83. The van der Waals surface area contributed by atoms with Crippen LogP contribution < -0.4 is 4.90 Å².